The number of carbonyl (C=O) groups is 3. The summed E-state index contributed by atoms with van der Waals surface area (Å²) in [6, 6.07) is 6.23. The topological polar surface area (TPSA) is 104 Å². The van der Waals surface area contributed by atoms with E-state index >= 15 is 0 Å². The molecule has 3 N–H and O–H groups in total. The third-order valence-corrected chi connectivity index (χ3v) is 5.34. The Morgan fingerprint density at radius 3 is 2.48 bits per heavy atom. The summed E-state index contributed by atoms with van der Waals surface area (Å²) in [4.78, 5) is 54.2. The highest BCUT2D eigenvalue weighted by Crippen LogP contribution is 2.18. The van der Waals surface area contributed by atoms with Gasteiger partial charge in [0.05, 0.1) is 6.17 Å². The first-order valence-corrected chi connectivity index (χ1v) is 9.82. The highest BCUT2D eigenvalue weighted by molar-refractivity contribution is 6.65. The van der Waals surface area contributed by atoms with Crippen LogP contribution in [0.2, 0.25) is 6.04 Å². The zero-order valence-electron chi connectivity index (χ0n) is 13.4. The highest BCUT2D eigenvalue weighted by atomic mass is 28.4. The van der Waals surface area contributed by atoms with Crippen molar-refractivity contribution in [2.75, 3.05) is 6.17 Å². The predicted octanol–water partition coefficient (Wildman–Crippen LogP) is 1.06. The highest BCUT2D eigenvalue weighted by Gasteiger charge is 2.33. The third kappa shape index (κ3) is 6.43. The Bertz CT molecular complexity index is 559. The van der Waals surface area contributed by atoms with Crippen molar-refractivity contribution in [3.8, 4) is 0 Å². The Balaban J connectivity index is 2.66. The zero-order chi connectivity index (χ0) is 17.5. The van der Waals surface area contributed by atoms with Crippen LogP contribution in [0.3, 0.4) is 0 Å². The van der Waals surface area contributed by atoms with Gasteiger partial charge in [0.2, 0.25) is 0 Å². The van der Waals surface area contributed by atoms with Gasteiger partial charge in [-0.1, -0.05) is 32.0 Å². The van der Waals surface area contributed by atoms with Gasteiger partial charge in [0.15, 0.2) is 6.29 Å². The van der Waals surface area contributed by atoms with Crippen molar-refractivity contribution in [2.45, 2.75) is 26.3 Å². The van der Waals surface area contributed by atoms with Gasteiger partial charge >= 0.3 is 8.56 Å². The van der Waals surface area contributed by atoms with Crippen LogP contribution in [0, 0.1) is 11.8 Å². The molecule has 0 saturated heterocycles. The smallest absolute Gasteiger partial charge is 0.353 e. The molecule has 0 radical (unpaired) electrons. The number of aldehydes is 2. The molecule has 0 aliphatic heterocycles. The number of carbonyl (C=O) groups excluding carboxylic acids is 3. The van der Waals surface area contributed by atoms with Gasteiger partial charge in [-0.2, -0.15) is 0 Å². The number of benzene rings is 1. The van der Waals surface area contributed by atoms with Crippen LogP contribution >= 0.6 is 0 Å². The summed E-state index contributed by atoms with van der Waals surface area (Å²) in [5.74, 6) is -0.709. The molecule has 126 valence electrons. The molecule has 1 rings (SSSR count). The average Bonchev–Trinajstić information content (AvgIpc) is 2.51. The number of rotatable bonds is 9. The summed E-state index contributed by atoms with van der Waals surface area (Å²) in [5, 5.41) is 2.44. The maximum absolute atomic E-state index is 12.1. The molecular formula is C16H23NO5Si. The lowest BCUT2D eigenvalue weighted by Gasteiger charge is -2.22. The van der Waals surface area contributed by atoms with E-state index in [4.69, 9.17) is 0 Å². The van der Waals surface area contributed by atoms with Crippen molar-refractivity contribution in [2.24, 2.45) is 11.8 Å². The minimum atomic E-state index is -3.73. The van der Waals surface area contributed by atoms with E-state index in [1.165, 1.54) is 12.1 Å². The molecule has 7 heteroatoms. The second-order valence-electron chi connectivity index (χ2n) is 6.10. The van der Waals surface area contributed by atoms with Crippen LogP contribution in [0.4, 0.5) is 0 Å². The van der Waals surface area contributed by atoms with Gasteiger partial charge in [-0.25, -0.2) is 0 Å². The van der Waals surface area contributed by atoms with Crippen molar-refractivity contribution in [1.82, 2.24) is 5.32 Å². The summed E-state index contributed by atoms with van der Waals surface area (Å²) >= 11 is 0. The lowest BCUT2D eigenvalue weighted by atomic mass is 10.0. The number of hydrogen-bond acceptors (Lipinski definition) is 5. The van der Waals surface area contributed by atoms with E-state index in [1.807, 2.05) is 13.8 Å². The standard InChI is InChI=1S/C16H23NO5Si/c1-12(2)7-13(8-18)10-23(21,22)11-17-16(20)15-6-4-3-5-14(15)9-19/h3-6,8-9,12-13,21-22H,7,10-11H2,1-2H3,(H,17,20)/t13-/m0/s1. The summed E-state index contributed by atoms with van der Waals surface area (Å²) in [6.45, 7) is 3.90. The SMILES string of the molecule is CC(C)C[C@@H](C=O)C[Si](O)(O)CNC(=O)c1ccccc1C=O. The minimum absolute atomic E-state index is 0.0235. The third-order valence-electron chi connectivity index (χ3n) is 3.42. The van der Waals surface area contributed by atoms with E-state index in [2.05, 4.69) is 5.32 Å². The van der Waals surface area contributed by atoms with Crippen LogP contribution < -0.4 is 5.32 Å². The van der Waals surface area contributed by atoms with Gasteiger partial charge in [-0.3, -0.25) is 9.59 Å². The molecule has 6 nitrogen and oxygen atoms in total. The van der Waals surface area contributed by atoms with Gasteiger partial charge in [-0.15, -0.1) is 0 Å². The van der Waals surface area contributed by atoms with E-state index in [-0.39, 0.29) is 29.3 Å². The predicted molar refractivity (Wildman–Crippen MR) is 88.2 cm³/mol. The molecule has 0 unspecified atom stereocenters. The summed E-state index contributed by atoms with van der Waals surface area (Å²) in [6.07, 6.45) is 1.59. The van der Waals surface area contributed by atoms with Crippen LogP contribution in [0.1, 0.15) is 41.0 Å². The first kappa shape index (κ1) is 19.2. The monoisotopic (exact) mass is 337 g/mol. The normalized spacial score (nSPS) is 12.7. The second kappa shape index (κ2) is 8.71. The van der Waals surface area contributed by atoms with E-state index in [0.29, 0.717) is 12.7 Å². The summed E-state index contributed by atoms with van der Waals surface area (Å²) in [7, 11) is -3.73. The first-order chi connectivity index (χ1) is 10.8. The lowest BCUT2D eigenvalue weighted by molar-refractivity contribution is -0.111. The van der Waals surface area contributed by atoms with E-state index < -0.39 is 20.4 Å². The molecule has 0 aliphatic rings. The van der Waals surface area contributed by atoms with E-state index in [1.54, 1.807) is 12.1 Å². The van der Waals surface area contributed by atoms with Gasteiger partial charge in [0, 0.05) is 23.1 Å². The maximum atomic E-state index is 12.1. The van der Waals surface area contributed by atoms with Gasteiger partial charge in [0.1, 0.15) is 6.29 Å². The van der Waals surface area contributed by atoms with Gasteiger partial charge < -0.3 is 19.7 Å². The molecule has 1 atom stereocenters. The fourth-order valence-electron chi connectivity index (χ4n) is 2.41. The molecule has 1 aromatic rings. The molecular weight excluding hydrogens is 314 g/mol. The fraction of sp³-hybridized carbons (Fsp3) is 0.438. The fourth-order valence-corrected chi connectivity index (χ4v) is 4.10. The molecule has 1 amide bonds. The lowest BCUT2D eigenvalue weighted by Crippen LogP contribution is -2.49. The van der Waals surface area contributed by atoms with Crippen molar-refractivity contribution in [1.29, 1.82) is 0 Å². The number of hydrogen-bond donors (Lipinski definition) is 3. The number of nitrogens with one attached hydrogen (secondary N) is 1. The first-order valence-electron chi connectivity index (χ1n) is 7.51. The van der Waals surface area contributed by atoms with Crippen LogP contribution in [-0.4, -0.2) is 42.8 Å². The van der Waals surface area contributed by atoms with Crippen molar-refractivity contribution in [3.05, 3.63) is 35.4 Å². The van der Waals surface area contributed by atoms with Crippen molar-refractivity contribution >= 4 is 27.0 Å². The summed E-state index contributed by atoms with van der Waals surface area (Å²) < 4.78 is 0. The molecule has 1 aromatic carbocycles. The molecule has 0 spiro atoms. The molecule has 0 aliphatic carbocycles. The Labute approximate surface area is 136 Å². The number of amides is 1. The Morgan fingerprint density at radius 2 is 1.91 bits per heavy atom. The Morgan fingerprint density at radius 1 is 1.26 bits per heavy atom. The maximum Gasteiger partial charge on any atom is 0.353 e. The van der Waals surface area contributed by atoms with E-state index in [0.717, 1.165) is 6.29 Å². The van der Waals surface area contributed by atoms with Crippen LogP contribution in [0.15, 0.2) is 24.3 Å². The second-order valence-corrected chi connectivity index (χ2v) is 8.83. The quantitative estimate of drug-likeness (QED) is 0.462. The van der Waals surface area contributed by atoms with Crippen molar-refractivity contribution in [3.63, 3.8) is 0 Å². The molecule has 0 aromatic heterocycles. The Kier molecular flexibility index (Phi) is 7.28. The van der Waals surface area contributed by atoms with Gasteiger partial charge in [0.25, 0.3) is 5.91 Å². The molecule has 0 fully saturated rings. The zero-order valence-corrected chi connectivity index (χ0v) is 14.4. The summed E-state index contributed by atoms with van der Waals surface area (Å²) in [5.41, 5.74) is 0.417. The minimum Gasteiger partial charge on any atom is -0.410 e. The van der Waals surface area contributed by atoms with Crippen LogP contribution in [-0.2, 0) is 4.79 Å². The van der Waals surface area contributed by atoms with Crippen LogP contribution in [0.5, 0.6) is 0 Å². The van der Waals surface area contributed by atoms with E-state index in [9.17, 15) is 24.0 Å². The molecule has 0 saturated carbocycles. The van der Waals surface area contributed by atoms with Gasteiger partial charge in [-0.05, 0) is 18.4 Å². The Hall–Kier alpha value is -1.83. The molecule has 23 heavy (non-hydrogen) atoms. The molecule has 0 heterocycles. The average molecular weight is 337 g/mol. The molecule has 0 bridgehead atoms. The van der Waals surface area contributed by atoms with Crippen LogP contribution in [0.25, 0.3) is 0 Å². The van der Waals surface area contributed by atoms with Crippen molar-refractivity contribution < 1.29 is 24.0 Å². The largest absolute Gasteiger partial charge is 0.410 e.